The number of benzene rings is 2. The maximum absolute atomic E-state index is 4.79. The van der Waals surface area contributed by atoms with Crippen molar-refractivity contribution in [1.82, 2.24) is 9.97 Å². The van der Waals surface area contributed by atoms with Crippen LogP contribution in [0, 0.1) is 6.92 Å². The molecule has 0 aliphatic rings. The zero-order chi connectivity index (χ0) is 13.5. The average Bonchev–Trinajstić information content (AvgIpc) is 2.87. The molecule has 0 atom stereocenters. The molecule has 0 bridgehead atoms. The summed E-state index contributed by atoms with van der Waals surface area (Å²) < 4.78 is 0. The summed E-state index contributed by atoms with van der Waals surface area (Å²) >= 11 is 0. The minimum atomic E-state index is 0.963. The molecule has 0 spiro atoms. The number of aromatic nitrogens is 2. The van der Waals surface area contributed by atoms with Crippen LogP contribution in [0.15, 0.2) is 60.7 Å². The summed E-state index contributed by atoms with van der Waals surface area (Å²) in [6, 6.07) is 20.8. The highest BCUT2D eigenvalue weighted by Gasteiger charge is 2.10. The van der Waals surface area contributed by atoms with Crippen LogP contribution in [0.4, 0.5) is 0 Å². The number of aromatic amines is 1. The summed E-state index contributed by atoms with van der Waals surface area (Å²) in [4.78, 5) is 8.21. The van der Waals surface area contributed by atoms with Crippen molar-refractivity contribution in [2.24, 2.45) is 0 Å². The SMILES string of the molecule is Cc1cc(-c2ccccc2)nc2[nH]c3ccccc3c12. The zero-order valence-corrected chi connectivity index (χ0v) is 11.2. The molecule has 0 fully saturated rings. The number of pyridine rings is 1. The molecule has 0 aliphatic carbocycles. The van der Waals surface area contributed by atoms with Gasteiger partial charge in [-0.25, -0.2) is 4.98 Å². The molecule has 0 amide bonds. The predicted octanol–water partition coefficient (Wildman–Crippen LogP) is 4.69. The Balaban J connectivity index is 2.06. The number of hydrogen-bond donors (Lipinski definition) is 1. The van der Waals surface area contributed by atoms with Gasteiger partial charge in [0.1, 0.15) is 5.65 Å². The number of H-pyrrole nitrogens is 1. The van der Waals surface area contributed by atoms with E-state index in [-0.39, 0.29) is 0 Å². The van der Waals surface area contributed by atoms with Crippen LogP contribution in [0.25, 0.3) is 33.2 Å². The minimum absolute atomic E-state index is 0.963. The number of para-hydroxylation sites is 1. The fourth-order valence-electron chi connectivity index (χ4n) is 2.80. The molecule has 0 saturated heterocycles. The molecule has 4 rings (SSSR count). The fraction of sp³-hybridized carbons (Fsp3) is 0.0556. The maximum Gasteiger partial charge on any atom is 0.139 e. The zero-order valence-electron chi connectivity index (χ0n) is 11.2. The Hall–Kier alpha value is -2.61. The molecule has 0 unspecified atom stereocenters. The second-order valence-corrected chi connectivity index (χ2v) is 5.08. The van der Waals surface area contributed by atoms with E-state index in [1.807, 2.05) is 24.3 Å². The van der Waals surface area contributed by atoms with E-state index in [9.17, 15) is 0 Å². The second-order valence-electron chi connectivity index (χ2n) is 5.08. The van der Waals surface area contributed by atoms with Crippen molar-refractivity contribution in [3.8, 4) is 11.3 Å². The lowest BCUT2D eigenvalue weighted by Gasteiger charge is -2.03. The van der Waals surface area contributed by atoms with E-state index in [2.05, 4.69) is 48.3 Å². The van der Waals surface area contributed by atoms with Gasteiger partial charge in [-0.3, -0.25) is 0 Å². The quantitative estimate of drug-likeness (QED) is 0.527. The highest BCUT2D eigenvalue weighted by Crippen LogP contribution is 2.29. The van der Waals surface area contributed by atoms with Crippen LogP contribution in [0.3, 0.4) is 0 Å². The van der Waals surface area contributed by atoms with Gasteiger partial charge in [0.25, 0.3) is 0 Å². The largest absolute Gasteiger partial charge is 0.339 e. The van der Waals surface area contributed by atoms with Crippen molar-refractivity contribution < 1.29 is 0 Å². The molecule has 2 aromatic heterocycles. The molecule has 2 heteroatoms. The lowest BCUT2D eigenvalue weighted by atomic mass is 10.1. The maximum atomic E-state index is 4.79. The number of nitrogens with zero attached hydrogens (tertiary/aromatic N) is 1. The summed E-state index contributed by atoms with van der Waals surface area (Å²) in [5.41, 5.74) is 5.53. The highest BCUT2D eigenvalue weighted by atomic mass is 14.9. The van der Waals surface area contributed by atoms with Gasteiger partial charge in [-0.1, -0.05) is 48.5 Å². The first-order valence-corrected chi connectivity index (χ1v) is 6.76. The topological polar surface area (TPSA) is 28.7 Å². The van der Waals surface area contributed by atoms with Gasteiger partial charge in [0.2, 0.25) is 0 Å². The average molecular weight is 258 g/mol. The number of rotatable bonds is 1. The predicted molar refractivity (Wildman–Crippen MR) is 83.8 cm³/mol. The molecule has 4 aromatic rings. The van der Waals surface area contributed by atoms with Crippen LogP contribution in [-0.2, 0) is 0 Å². The molecule has 2 heterocycles. The first-order valence-electron chi connectivity index (χ1n) is 6.76. The lowest BCUT2D eigenvalue weighted by Crippen LogP contribution is -1.87. The van der Waals surface area contributed by atoms with E-state index in [1.165, 1.54) is 16.3 Å². The van der Waals surface area contributed by atoms with Gasteiger partial charge in [0.05, 0.1) is 5.69 Å². The van der Waals surface area contributed by atoms with E-state index in [0.717, 1.165) is 22.4 Å². The first kappa shape index (κ1) is 11.2. The smallest absolute Gasteiger partial charge is 0.139 e. The van der Waals surface area contributed by atoms with Gasteiger partial charge >= 0.3 is 0 Å². The molecular weight excluding hydrogens is 244 g/mol. The lowest BCUT2D eigenvalue weighted by molar-refractivity contribution is 1.32. The van der Waals surface area contributed by atoms with Crippen LogP contribution in [0.1, 0.15) is 5.56 Å². The number of fused-ring (bicyclic) bond motifs is 3. The highest BCUT2D eigenvalue weighted by molar-refractivity contribution is 6.08. The number of hydrogen-bond acceptors (Lipinski definition) is 1. The van der Waals surface area contributed by atoms with Crippen molar-refractivity contribution in [2.45, 2.75) is 6.92 Å². The molecular formula is C18H14N2. The van der Waals surface area contributed by atoms with Gasteiger partial charge in [-0.2, -0.15) is 0 Å². The molecule has 0 aliphatic heterocycles. The van der Waals surface area contributed by atoms with Crippen LogP contribution in [0.2, 0.25) is 0 Å². The molecule has 2 aromatic carbocycles. The Morgan fingerprint density at radius 1 is 0.900 bits per heavy atom. The Morgan fingerprint density at radius 2 is 1.65 bits per heavy atom. The van der Waals surface area contributed by atoms with E-state index >= 15 is 0 Å². The third kappa shape index (κ3) is 1.62. The number of nitrogens with one attached hydrogen (secondary N) is 1. The Kier molecular flexibility index (Phi) is 2.36. The van der Waals surface area contributed by atoms with Crippen LogP contribution in [0.5, 0.6) is 0 Å². The Bertz CT molecular complexity index is 905. The minimum Gasteiger partial charge on any atom is -0.339 e. The van der Waals surface area contributed by atoms with Gasteiger partial charge in [0.15, 0.2) is 0 Å². The van der Waals surface area contributed by atoms with E-state index in [0.29, 0.717) is 0 Å². The summed E-state index contributed by atoms with van der Waals surface area (Å²) in [6.07, 6.45) is 0. The van der Waals surface area contributed by atoms with Crippen molar-refractivity contribution >= 4 is 21.9 Å². The van der Waals surface area contributed by atoms with Crippen LogP contribution >= 0.6 is 0 Å². The molecule has 96 valence electrons. The third-order valence-electron chi connectivity index (χ3n) is 3.74. The monoisotopic (exact) mass is 258 g/mol. The summed E-state index contributed by atoms with van der Waals surface area (Å²) in [6.45, 7) is 2.15. The third-order valence-corrected chi connectivity index (χ3v) is 3.74. The van der Waals surface area contributed by atoms with Crippen LogP contribution in [-0.4, -0.2) is 9.97 Å². The van der Waals surface area contributed by atoms with Gasteiger partial charge in [-0.05, 0) is 24.6 Å². The summed E-state index contributed by atoms with van der Waals surface area (Å²) in [5.74, 6) is 0. The van der Waals surface area contributed by atoms with Crippen molar-refractivity contribution in [2.75, 3.05) is 0 Å². The summed E-state index contributed by atoms with van der Waals surface area (Å²) in [5, 5.41) is 2.47. The second kappa shape index (κ2) is 4.20. The van der Waals surface area contributed by atoms with E-state index in [1.54, 1.807) is 0 Å². The fourth-order valence-corrected chi connectivity index (χ4v) is 2.80. The first-order chi connectivity index (χ1) is 9.83. The molecule has 20 heavy (non-hydrogen) atoms. The molecule has 2 nitrogen and oxygen atoms in total. The van der Waals surface area contributed by atoms with E-state index < -0.39 is 0 Å². The normalized spacial score (nSPS) is 11.2. The van der Waals surface area contributed by atoms with Crippen molar-refractivity contribution in [3.63, 3.8) is 0 Å². The molecule has 1 N–H and O–H groups in total. The molecule has 0 radical (unpaired) electrons. The Morgan fingerprint density at radius 3 is 2.50 bits per heavy atom. The van der Waals surface area contributed by atoms with Gasteiger partial charge in [0, 0.05) is 21.9 Å². The van der Waals surface area contributed by atoms with Crippen LogP contribution < -0.4 is 0 Å². The molecule has 0 saturated carbocycles. The van der Waals surface area contributed by atoms with Crippen molar-refractivity contribution in [3.05, 3.63) is 66.2 Å². The standard InChI is InChI=1S/C18H14N2/c1-12-11-16(13-7-3-2-4-8-13)20-18-17(12)14-9-5-6-10-15(14)19-18/h2-11H,1H3,(H,19,20). The number of aryl methyl sites for hydroxylation is 1. The van der Waals surface area contributed by atoms with Gasteiger partial charge < -0.3 is 4.98 Å². The van der Waals surface area contributed by atoms with Gasteiger partial charge in [-0.15, -0.1) is 0 Å². The van der Waals surface area contributed by atoms with E-state index in [4.69, 9.17) is 4.98 Å². The van der Waals surface area contributed by atoms with Crippen molar-refractivity contribution in [1.29, 1.82) is 0 Å². The Labute approximate surface area is 117 Å². The summed E-state index contributed by atoms with van der Waals surface area (Å²) in [7, 11) is 0.